The van der Waals surface area contributed by atoms with Crippen molar-refractivity contribution in [3.05, 3.63) is 35.4 Å². The van der Waals surface area contributed by atoms with Gasteiger partial charge in [0, 0.05) is 18.6 Å². The van der Waals surface area contributed by atoms with Gasteiger partial charge in [-0.1, -0.05) is 36.8 Å². The van der Waals surface area contributed by atoms with Gasteiger partial charge in [-0.05, 0) is 44.2 Å². The lowest BCUT2D eigenvalue weighted by molar-refractivity contribution is 0.538. The maximum absolute atomic E-state index is 11.2. The number of hydrogen-bond donors (Lipinski definition) is 1. The SMILES string of the molecule is CCCNCC(CCCS(C)(=O)=O)c1cccc(C)c1. The van der Waals surface area contributed by atoms with E-state index in [1.807, 2.05) is 0 Å². The third kappa shape index (κ3) is 7.06. The van der Waals surface area contributed by atoms with E-state index in [4.69, 9.17) is 0 Å². The molecule has 0 radical (unpaired) electrons. The first kappa shape index (κ1) is 17.2. The lowest BCUT2D eigenvalue weighted by Crippen LogP contribution is -2.23. The molecule has 4 heteroatoms. The molecule has 0 bridgehead atoms. The molecule has 1 aromatic carbocycles. The lowest BCUT2D eigenvalue weighted by atomic mass is 9.93. The van der Waals surface area contributed by atoms with Crippen LogP contribution in [0.2, 0.25) is 0 Å². The summed E-state index contributed by atoms with van der Waals surface area (Å²) < 4.78 is 22.5. The fourth-order valence-electron chi connectivity index (χ4n) is 2.36. The van der Waals surface area contributed by atoms with Gasteiger partial charge in [0.1, 0.15) is 9.84 Å². The summed E-state index contributed by atoms with van der Waals surface area (Å²) in [4.78, 5) is 0. The minimum atomic E-state index is -2.86. The molecule has 0 spiro atoms. The van der Waals surface area contributed by atoms with Gasteiger partial charge >= 0.3 is 0 Å². The highest BCUT2D eigenvalue weighted by molar-refractivity contribution is 7.90. The van der Waals surface area contributed by atoms with Crippen molar-refractivity contribution in [1.29, 1.82) is 0 Å². The van der Waals surface area contributed by atoms with E-state index in [1.165, 1.54) is 17.4 Å². The summed E-state index contributed by atoms with van der Waals surface area (Å²) in [6.07, 6.45) is 4.06. The molecular formula is C16H27NO2S. The van der Waals surface area contributed by atoms with Crippen LogP contribution in [0.4, 0.5) is 0 Å². The van der Waals surface area contributed by atoms with Crippen molar-refractivity contribution >= 4 is 9.84 Å². The largest absolute Gasteiger partial charge is 0.316 e. The Labute approximate surface area is 123 Å². The van der Waals surface area contributed by atoms with Gasteiger partial charge < -0.3 is 5.32 Å². The molecule has 0 amide bonds. The molecule has 0 aliphatic carbocycles. The lowest BCUT2D eigenvalue weighted by Gasteiger charge is -2.18. The van der Waals surface area contributed by atoms with Crippen LogP contribution >= 0.6 is 0 Å². The Bertz CT molecular complexity index is 497. The number of aryl methyl sites for hydroxylation is 1. The topological polar surface area (TPSA) is 46.2 Å². The smallest absolute Gasteiger partial charge is 0.147 e. The fraction of sp³-hybridized carbons (Fsp3) is 0.625. The van der Waals surface area contributed by atoms with Crippen molar-refractivity contribution in [3.8, 4) is 0 Å². The van der Waals surface area contributed by atoms with Crippen LogP contribution in [0.5, 0.6) is 0 Å². The Hall–Kier alpha value is -0.870. The third-order valence-electron chi connectivity index (χ3n) is 3.40. The van der Waals surface area contributed by atoms with Crippen molar-refractivity contribution < 1.29 is 8.42 Å². The summed E-state index contributed by atoms with van der Waals surface area (Å²) in [5.41, 5.74) is 2.56. The van der Waals surface area contributed by atoms with Gasteiger partial charge in [0.15, 0.2) is 0 Å². The van der Waals surface area contributed by atoms with E-state index in [9.17, 15) is 8.42 Å². The Morgan fingerprint density at radius 3 is 2.65 bits per heavy atom. The number of rotatable bonds is 9. The number of benzene rings is 1. The molecule has 114 valence electrons. The zero-order valence-electron chi connectivity index (χ0n) is 12.9. The number of sulfone groups is 1. The van der Waals surface area contributed by atoms with E-state index in [-0.39, 0.29) is 5.75 Å². The van der Waals surface area contributed by atoms with Crippen LogP contribution in [-0.2, 0) is 9.84 Å². The van der Waals surface area contributed by atoms with Crippen LogP contribution in [0, 0.1) is 6.92 Å². The molecule has 1 atom stereocenters. The molecule has 0 aliphatic heterocycles. The van der Waals surface area contributed by atoms with Crippen LogP contribution in [0.3, 0.4) is 0 Å². The fourth-order valence-corrected chi connectivity index (χ4v) is 3.05. The molecule has 20 heavy (non-hydrogen) atoms. The van der Waals surface area contributed by atoms with E-state index in [1.54, 1.807) is 0 Å². The molecule has 0 fully saturated rings. The molecule has 1 rings (SSSR count). The summed E-state index contributed by atoms with van der Waals surface area (Å²) in [6, 6.07) is 8.52. The van der Waals surface area contributed by atoms with Crippen molar-refractivity contribution in [2.45, 2.75) is 39.0 Å². The second kappa shape index (κ2) is 8.42. The Morgan fingerprint density at radius 2 is 2.05 bits per heavy atom. The standard InChI is InChI=1S/C16H27NO2S/c1-4-10-17-13-16(9-6-11-20(3,18)19)15-8-5-7-14(2)12-15/h5,7-8,12,16-17H,4,6,9-11,13H2,1-3H3. The van der Waals surface area contributed by atoms with Crippen molar-refractivity contribution in [1.82, 2.24) is 5.32 Å². The minimum Gasteiger partial charge on any atom is -0.316 e. The van der Waals surface area contributed by atoms with E-state index < -0.39 is 9.84 Å². The van der Waals surface area contributed by atoms with E-state index >= 15 is 0 Å². The molecule has 1 N–H and O–H groups in total. The zero-order valence-corrected chi connectivity index (χ0v) is 13.7. The van der Waals surface area contributed by atoms with Gasteiger partial charge in [-0.15, -0.1) is 0 Å². The first-order valence-corrected chi connectivity index (χ1v) is 9.43. The van der Waals surface area contributed by atoms with Crippen molar-refractivity contribution in [2.24, 2.45) is 0 Å². The van der Waals surface area contributed by atoms with E-state index in [2.05, 4.69) is 43.4 Å². The maximum Gasteiger partial charge on any atom is 0.147 e. The molecular weight excluding hydrogens is 270 g/mol. The predicted molar refractivity (Wildman–Crippen MR) is 86.0 cm³/mol. The summed E-state index contributed by atoms with van der Waals surface area (Å²) >= 11 is 0. The minimum absolute atomic E-state index is 0.281. The van der Waals surface area contributed by atoms with Crippen LogP contribution in [0.1, 0.15) is 43.2 Å². The Morgan fingerprint density at radius 1 is 1.30 bits per heavy atom. The summed E-state index contributed by atoms with van der Waals surface area (Å²) in [5, 5.41) is 3.45. The highest BCUT2D eigenvalue weighted by Crippen LogP contribution is 2.22. The molecule has 0 saturated heterocycles. The van der Waals surface area contributed by atoms with Crippen LogP contribution < -0.4 is 5.32 Å². The highest BCUT2D eigenvalue weighted by Gasteiger charge is 2.13. The molecule has 1 unspecified atom stereocenters. The molecule has 0 saturated carbocycles. The van der Waals surface area contributed by atoms with Crippen LogP contribution in [0.25, 0.3) is 0 Å². The van der Waals surface area contributed by atoms with Crippen molar-refractivity contribution in [2.75, 3.05) is 25.1 Å². The number of nitrogens with one attached hydrogen (secondary N) is 1. The monoisotopic (exact) mass is 297 g/mol. The average Bonchev–Trinajstić information content (AvgIpc) is 2.36. The Balaban J connectivity index is 2.64. The second-order valence-corrected chi connectivity index (χ2v) is 7.85. The maximum atomic E-state index is 11.2. The molecule has 0 aliphatic rings. The van der Waals surface area contributed by atoms with Crippen molar-refractivity contribution in [3.63, 3.8) is 0 Å². The third-order valence-corrected chi connectivity index (χ3v) is 4.43. The van der Waals surface area contributed by atoms with Gasteiger partial charge in [-0.25, -0.2) is 8.42 Å². The van der Waals surface area contributed by atoms with Crippen LogP contribution in [-0.4, -0.2) is 33.5 Å². The molecule has 0 heterocycles. The zero-order chi connectivity index (χ0) is 15.0. The Kier molecular flexibility index (Phi) is 7.24. The molecule has 0 aromatic heterocycles. The van der Waals surface area contributed by atoms with Gasteiger partial charge in [-0.3, -0.25) is 0 Å². The van der Waals surface area contributed by atoms with Gasteiger partial charge in [-0.2, -0.15) is 0 Å². The molecule has 3 nitrogen and oxygen atoms in total. The van der Waals surface area contributed by atoms with Crippen LogP contribution in [0.15, 0.2) is 24.3 Å². The summed E-state index contributed by atoms with van der Waals surface area (Å²) in [5.74, 6) is 0.673. The normalized spacial score (nSPS) is 13.3. The van der Waals surface area contributed by atoms with Gasteiger partial charge in [0.05, 0.1) is 0 Å². The number of hydrogen-bond acceptors (Lipinski definition) is 3. The van der Waals surface area contributed by atoms with E-state index in [0.29, 0.717) is 5.92 Å². The first-order valence-electron chi connectivity index (χ1n) is 7.37. The van der Waals surface area contributed by atoms with Gasteiger partial charge in [0.25, 0.3) is 0 Å². The predicted octanol–water partition coefficient (Wildman–Crippen LogP) is 2.90. The summed E-state index contributed by atoms with van der Waals surface area (Å²) in [6.45, 7) is 6.17. The average molecular weight is 297 g/mol. The van der Waals surface area contributed by atoms with Gasteiger partial charge in [0.2, 0.25) is 0 Å². The molecule has 1 aromatic rings. The quantitative estimate of drug-likeness (QED) is 0.713. The first-order chi connectivity index (χ1) is 9.42. The second-order valence-electron chi connectivity index (χ2n) is 5.59. The highest BCUT2D eigenvalue weighted by atomic mass is 32.2. The van der Waals surface area contributed by atoms with E-state index in [0.717, 1.165) is 32.4 Å². The summed E-state index contributed by atoms with van der Waals surface area (Å²) in [7, 11) is -2.86.